The summed E-state index contributed by atoms with van der Waals surface area (Å²) in [6.07, 6.45) is 3.71. The predicted molar refractivity (Wildman–Crippen MR) is 99.9 cm³/mol. The summed E-state index contributed by atoms with van der Waals surface area (Å²) in [5, 5.41) is 7.26. The van der Waals surface area contributed by atoms with E-state index in [1.165, 1.54) is 11.8 Å². The molecule has 0 saturated carbocycles. The zero-order chi connectivity index (χ0) is 18.6. The van der Waals surface area contributed by atoms with Gasteiger partial charge in [-0.25, -0.2) is 14.9 Å². The molecule has 0 bridgehead atoms. The van der Waals surface area contributed by atoms with Crippen molar-refractivity contribution in [2.45, 2.75) is 36.4 Å². The Morgan fingerprint density at radius 3 is 2.96 bits per heavy atom. The molecule has 27 heavy (non-hydrogen) atoms. The van der Waals surface area contributed by atoms with Crippen LogP contribution < -0.4 is 10.4 Å². The quantitative estimate of drug-likeness (QED) is 0.622. The fraction of sp³-hybridized carbons (Fsp3) is 0.389. The highest BCUT2D eigenvalue weighted by Crippen LogP contribution is 2.25. The van der Waals surface area contributed by atoms with Crippen molar-refractivity contribution in [3.8, 4) is 17.2 Å². The number of nitrogens with zero attached hydrogens (tertiary/aromatic N) is 3. The Kier molecular flexibility index (Phi) is 5.30. The Hall–Kier alpha value is -2.52. The first-order valence-corrected chi connectivity index (χ1v) is 9.70. The molecule has 9 heteroatoms. The smallest absolute Gasteiger partial charge is 0.344 e. The maximum Gasteiger partial charge on any atom is 0.344 e. The van der Waals surface area contributed by atoms with Gasteiger partial charge < -0.3 is 13.9 Å². The summed E-state index contributed by atoms with van der Waals surface area (Å²) >= 11 is 1.44. The van der Waals surface area contributed by atoms with E-state index in [1.807, 2.05) is 24.3 Å². The minimum absolute atomic E-state index is 0.0772. The van der Waals surface area contributed by atoms with Crippen LogP contribution in [-0.2, 0) is 17.0 Å². The lowest BCUT2D eigenvalue weighted by molar-refractivity contribution is 0.0941. The Labute approximate surface area is 159 Å². The highest BCUT2D eigenvalue weighted by molar-refractivity contribution is 7.98. The molecule has 1 aliphatic heterocycles. The molecular weight excluding hydrogens is 368 g/mol. The molecule has 0 spiro atoms. The third-order valence-corrected chi connectivity index (χ3v) is 5.38. The van der Waals surface area contributed by atoms with Crippen LogP contribution in [-0.4, -0.2) is 39.6 Å². The number of ether oxygens (including phenoxy) is 2. The number of nitrogens with one attached hydrogen (secondary N) is 1. The third-order valence-electron chi connectivity index (χ3n) is 4.37. The molecule has 1 unspecified atom stereocenters. The van der Waals surface area contributed by atoms with Crippen LogP contribution in [0.2, 0.25) is 0 Å². The minimum atomic E-state index is -0.216. The molecular formula is C18H20N4O4S. The van der Waals surface area contributed by atoms with E-state index in [4.69, 9.17) is 13.9 Å². The summed E-state index contributed by atoms with van der Waals surface area (Å²) in [5.74, 6) is 1.88. The van der Waals surface area contributed by atoms with Gasteiger partial charge in [0.15, 0.2) is 5.16 Å². The predicted octanol–water partition coefficient (Wildman–Crippen LogP) is 2.71. The lowest BCUT2D eigenvalue weighted by atomic mass is 10.2. The normalized spacial score (nSPS) is 16.7. The maximum absolute atomic E-state index is 12.0. The first-order chi connectivity index (χ1) is 13.2. The van der Waals surface area contributed by atoms with E-state index in [-0.39, 0.29) is 11.8 Å². The summed E-state index contributed by atoms with van der Waals surface area (Å²) in [7, 11) is 1.63. The fourth-order valence-corrected chi connectivity index (χ4v) is 3.78. The van der Waals surface area contributed by atoms with E-state index >= 15 is 0 Å². The van der Waals surface area contributed by atoms with Gasteiger partial charge in [-0.15, -0.1) is 5.10 Å². The minimum Gasteiger partial charge on any atom is -0.497 e. The first kappa shape index (κ1) is 17.9. The summed E-state index contributed by atoms with van der Waals surface area (Å²) in [6, 6.07) is 7.52. The molecule has 0 amide bonds. The van der Waals surface area contributed by atoms with Crippen molar-refractivity contribution >= 4 is 11.8 Å². The molecule has 1 fully saturated rings. The van der Waals surface area contributed by atoms with Crippen molar-refractivity contribution < 1.29 is 13.9 Å². The van der Waals surface area contributed by atoms with Gasteiger partial charge in [0.2, 0.25) is 5.89 Å². The third kappa shape index (κ3) is 4.09. The molecule has 1 aliphatic rings. The number of benzene rings is 1. The second-order valence-electron chi connectivity index (χ2n) is 6.22. The van der Waals surface area contributed by atoms with Crippen LogP contribution in [0.1, 0.15) is 18.5 Å². The topological polar surface area (TPSA) is 95.2 Å². The first-order valence-electron chi connectivity index (χ1n) is 8.71. The SMILES string of the molecule is COc1ccc(-c2nc(CSc3n[nH]c(=O)n3CC3CCCO3)co2)cc1. The van der Waals surface area contributed by atoms with E-state index in [0.717, 1.165) is 36.5 Å². The number of H-pyrrole nitrogens is 1. The Morgan fingerprint density at radius 2 is 2.22 bits per heavy atom. The molecule has 1 N–H and O–H groups in total. The molecule has 1 atom stereocenters. The lowest BCUT2D eigenvalue weighted by Crippen LogP contribution is -2.24. The van der Waals surface area contributed by atoms with E-state index in [1.54, 1.807) is 17.9 Å². The second kappa shape index (κ2) is 8.01. The van der Waals surface area contributed by atoms with Gasteiger partial charge in [-0.05, 0) is 37.1 Å². The standard InChI is InChI=1S/C18H20N4O4S/c1-24-14-6-4-12(5-7-14)16-19-13(10-26-16)11-27-18-21-20-17(23)22(18)9-15-3-2-8-25-15/h4-7,10,15H,2-3,8-9,11H2,1H3,(H,20,23). The van der Waals surface area contributed by atoms with Gasteiger partial charge in [-0.3, -0.25) is 4.57 Å². The summed E-state index contributed by atoms with van der Waals surface area (Å²) in [5.41, 5.74) is 1.44. The highest BCUT2D eigenvalue weighted by Gasteiger charge is 2.20. The average molecular weight is 388 g/mol. The number of aromatic amines is 1. The lowest BCUT2D eigenvalue weighted by Gasteiger charge is -2.10. The molecule has 2 aromatic heterocycles. The number of methoxy groups -OCH3 is 1. The summed E-state index contributed by atoms with van der Waals surface area (Å²) in [4.78, 5) is 16.5. The van der Waals surface area contributed by atoms with Crippen LogP contribution in [0.5, 0.6) is 5.75 Å². The highest BCUT2D eigenvalue weighted by atomic mass is 32.2. The van der Waals surface area contributed by atoms with Crippen LogP contribution >= 0.6 is 11.8 Å². The zero-order valence-electron chi connectivity index (χ0n) is 14.9. The van der Waals surface area contributed by atoms with Gasteiger partial charge >= 0.3 is 5.69 Å². The fourth-order valence-electron chi connectivity index (χ4n) is 2.94. The molecule has 0 radical (unpaired) electrons. The van der Waals surface area contributed by atoms with Crippen molar-refractivity contribution in [3.05, 3.63) is 46.7 Å². The van der Waals surface area contributed by atoms with Crippen molar-refractivity contribution in [1.82, 2.24) is 19.7 Å². The van der Waals surface area contributed by atoms with Crippen LogP contribution in [0, 0.1) is 0 Å². The van der Waals surface area contributed by atoms with Crippen molar-refractivity contribution in [2.75, 3.05) is 13.7 Å². The molecule has 8 nitrogen and oxygen atoms in total. The molecule has 0 aliphatic carbocycles. The number of rotatable bonds is 7. The molecule has 1 aromatic carbocycles. The Bertz CT molecular complexity index is 941. The molecule has 3 aromatic rings. The Balaban J connectivity index is 1.42. The van der Waals surface area contributed by atoms with Gasteiger partial charge in [0, 0.05) is 17.9 Å². The Morgan fingerprint density at radius 1 is 1.37 bits per heavy atom. The summed E-state index contributed by atoms with van der Waals surface area (Å²) in [6.45, 7) is 1.28. The molecule has 4 rings (SSSR count). The number of aromatic nitrogens is 4. The molecule has 142 valence electrons. The number of thioether (sulfide) groups is 1. The van der Waals surface area contributed by atoms with Crippen molar-refractivity contribution in [1.29, 1.82) is 0 Å². The van der Waals surface area contributed by atoms with E-state index in [2.05, 4.69) is 15.2 Å². The van der Waals surface area contributed by atoms with Crippen molar-refractivity contribution in [2.24, 2.45) is 0 Å². The van der Waals surface area contributed by atoms with E-state index in [0.29, 0.717) is 23.3 Å². The van der Waals surface area contributed by atoms with Gasteiger partial charge in [-0.2, -0.15) is 0 Å². The monoisotopic (exact) mass is 388 g/mol. The van der Waals surface area contributed by atoms with E-state index < -0.39 is 0 Å². The zero-order valence-corrected chi connectivity index (χ0v) is 15.7. The van der Waals surface area contributed by atoms with Crippen molar-refractivity contribution in [3.63, 3.8) is 0 Å². The van der Waals surface area contributed by atoms with E-state index in [9.17, 15) is 4.79 Å². The van der Waals surface area contributed by atoms with Gasteiger partial charge in [-0.1, -0.05) is 11.8 Å². The second-order valence-corrected chi connectivity index (χ2v) is 7.16. The van der Waals surface area contributed by atoms with Crippen LogP contribution in [0.3, 0.4) is 0 Å². The van der Waals surface area contributed by atoms with Gasteiger partial charge in [0.05, 0.1) is 25.5 Å². The van der Waals surface area contributed by atoms with Crippen LogP contribution in [0.15, 0.2) is 44.9 Å². The van der Waals surface area contributed by atoms with Crippen LogP contribution in [0.4, 0.5) is 0 Å². The van der Waals surface area contributed by atoms with Gasteiger partial charge in [0.25, 0.3) is 0 Å². The molecule has 1 saturated heterocycles. The van der Waals surface area contributed by atoms with Crippen LogP contribution in [0.25, 0.3) is 11.5 Å². The maximum atomic E-state index is 12.0. The largest absolute Gasteiger partial charge is 0.497 e. The summed E-state index contributed by atoms with van der Waals surface area (Å²) < 4.78 is 18.0. The molecule has 3 heterocycles. The average Bonchev–Trinajstić information content (AvgIpc) is 3.44. The number of oxazole rings is 1. The number of hydrogen-bond donors (Lipinski definition) is 1. The van der Waals surface area contributed by atoms with Gasteiger partial charge in [0.1, 0.15) is 12.0 Å². The number of hydrogen-bond acceptors (Lipinski definition) is 7.